The molecule has 0 unspecified atom stereocenters. The molecule has 1 aromatic carbocycles. The smallest absolute Gasteiger partial charge is 0.142 e. The maximum atomic E-state index is 6.34. The first-order valence-electron chi connectivity index (χ1n) is 8.17. The number of benzene rings is 1. The van der Waals surface area contributed by atoms with Crippen LogP contribution < -0.4 is 38.4 Å². The number of rotatable bonds is 4. The summed E-state index contributed by atoms with van der Waals surface area (Å²) < 4.78 is 0. The van der Waals surface area contributed by atoms with E-state index in [-0.39, 0.29) is 27.3 Å². The van der Waals surface area contributed by atoms with E-state index in [1.54, 1.807) is 6.07 Å². The lowest BCUT2D eigenvalue weighted by Crippen LogP contribution is -2.50. The van der Waals surface area contributed by atoms with E-state index >= 15 is 0 Å². The number of nitrogens with zero attached hydrogens (tertiary/aromatic N) is 1. The summed E-state index contributed by atoms with van der Waals surface area (Å²) in [5.74, 6) is 0. The third-order valence-corrected chi connectivity index (χ3v) is 5.20. The van der Waals surface area contributed by atoms with Crippen molar-refractivity contribution >= 4 is 93.3 Å². The van der Waals surface area contributed by atoms with Gasteiger partial charge in [0.1, 0.15) is 54.9 Å². The summed E-state index contributed by atoms with van der Waals surface area (Å²) in [6.07, 6.45) is 1.70. The van der Waals surface area contributed by atoms with E-state index in [4.69, 9.17) is 54.9 Å². The largest absolute Gasteiger partial charge is 0.265 e. The summed E-state index contributed by atoms with van der Waals surface area (Å²) >= 11 is 0. The van der Waals surface area contributed by atoms with Gasteiger partial charge in [-0.25, -0.2) is 0 Å². The lowest BCUT2D eigenvalue weighted by atomic mass is 9.62. The third-order valence-electron chi connectivity index (χ3n) is 5.20. The molecule has 14 radical (unpaired) electrons. The predicted molar refractivity (Wildman–Crippen MR) is 115 cm³/mol. The van der Waals surface area contributed by atoms with Gasteiger partial charge in [-0.15, -0.1) is 16.4 Å². The zero-order valence-electron chi connectivity index (χ0n) is 15.0. The molecular weight excluding hydrogens is 294 g/mol. The molecule has 2 rings (SSSR count). The first kappa shape index (κ1) is 20.1. The van der Waals surface area contributed by atoms with Crippen LogP contribution in [0.5, 0.6) is 0 Å². The molecule has 0 spiro atoms. The Balaban J connectivity index is 2.81. The van der Waals surface area contributed by atoms with Crippen LogP contribution in [0.1, 0.15) is 39.2 Å². The molecule has 0 aliphatic carbocycles. The minimum atomic E-state index is -0.224. The molecule has 1 nitrogen and oxygen atoms in total. The van der Waals surface area contributed by atoms with Gasteiger partial charge >= 0.3 is 0 Å². The fourth-order valence-electron chi connectivity index (χ4n) is 3.03. The van der Waals surface area contributed by atoms with Crippen LogP contribution in [0, 0.1) is 0 Å². The molecule has 0 N–H and O–H groups in total. The van der Waals surface area contributed by atoms with Crippen LogP contribution in [-0.2, 0) is 5.41 Å². The molecule has 0 amide bonds. The Labute approximate surface area is 160 Å². The molecule has 1 aromatic heterocycles. The molecule has 0 bridgehead atoms. The summed E-state index contributed by atoms with van der Waals surface area (Å²) in [4.78, 5) is 4.48. The standard InChI is InChI=1S/C17H14B7N/c1-4-17(3,5-2)9-12(21)14(23)15(25-16(9)24)7-6-8(18)11(20)13(22)10(7)19/h6H,4-5H2,1-3H3. The van der Waals surface area contributed by atoms with E-state index in [0.717, 1.165) is 18.4 Å². The summed E-state index contributed by atoms with van der Waals surface area (Å²) in [6, 6.07) is 1.58. The van der Waals surface area contributed by atoms with E-state index in [1.165, 1.54) is 0 Å². The lowest BCUT2D eigenvalue weighted by molar-refractivity contribution is 0.443. The highest BCUT2D eigenvalue weighted by atomic mass is 14.7. The van der Waals surface area contributed by atoms with Crippen LogP contribution in [0.2, 0.25) is 0 Å². The SMILES string of the molecule is [B]c1cc(-c2nc([B])c(C(C)(CC)CC)c([B])c2[B])c([B])c([B])c1[B]. The second kappa shape index (κ2) is 7.21. The van der Waals surface area contributed by atoms with E-state index in [9.17, 15) is 0 Å². The highest BCUT2D eigenvalue weighted by molar-refractivity contribution is 6.64. The van der Waals surface area contributed by atoms with Gasteiger partial charge in [-0.2, -0.15) is 0 Å². The Bertz CT molecular complexity index is 829. The number of aromatic nitrogens is 1. The van der Waals surface area contributed by atoms with Crippen LogP contribution in [0.15, 0.2) is 6.07 Å². The first-order valence-corrected chi connectivity index (χ1v) is 8.17. The third kappa shape index (κ3) is 3.29. The Morgan fingerprint density at radius 3 is 1.88 bits per heavy atom. The van der Waals surface area contributed by atoms with Crippen molar-refractivity contribution < 1.29 is 0 Å². The van der Waals surface area contributed by atoms with Crippen LogP contribution >= 0.6 is 0 Å². The minimum absolute atomic E-state index is 0.185. The van der Waals surface area contributed by atoms with Crippen molar-refractivity contribution in [3.8, 4) is 11.3 Å². The highest BCUT2D eigenvalue weighted by Crippen LogP contribution is 2.28. The molecule has 2 aromatic rings. The minimum Gasteiger partial charge on any atom is -0.265 e. The van der Waals surface area contributed by atoms with Crippen molar-refractivity contribution in [2.75, 3.05) is 0 Å². The summed E-state index contributed by atoms with van der Waals surface area (Å²) in [5, 5.41) is 0. The molecule has 0 saturated heterocycles. The van der Waals surface area contributed by atoms with Gasteiger partial charge in [0.25, 0.3) is 0 Å². The quantitative estimate of drug-likeness (QED) is 0.532. The zero-order chi connectivity index (χ0) is 19.1. The predicted octanol–water partition coefficient (Wildman–Crippen LogP) is -3.62. The van der Waals surface area contributed by atoms with Crippen molar-refractivity contribution in [2.24, 2.45) is 0 Å². The Morgan fingerprint density at radius 2 is 1.36 bits per heavy atom. The molecule has 108 valence electrons. The van der Waals surface area contributed by atoms with Gasteiger partial charge in [0, 0.05) is 0 Å². The Morgan fingerprint density at radius 1 is 0.800 bits per heavy atom. The molecule has 1 heterocycles. The van der Waals surface area contributed by atoms with Gasteiger partial charge in [-0.1, -0.05) is 43.2 Å². The van der Waals surface area contributed by atoms with Gasteiger partial charge in [0.05, 0.1) is 5.69 Å². The number of pyridine rings is 1. The molecule has 8 heteroatoms. The maximum absolute atomic E-state index is 6.34. The Hall–Kier alpha value is -1.18. The van der Waals surface area contributed by atoms with E-state index in [1.807, 2.05) is 0 Å². The number of hydrogen-bond donors (Lipinski definition) is 0. The second-order valence-electron chi connectivity index (χ2n) is 6.57. The maximum Gasteiger partial charge on any atom is 0.142 e. The molecule has 0 aliphatic heterocycles. The summed E-state index contributed by atoms with van der Waals surface area (Å²) in [6.45, 7) is 6.24. The van der Waals surface area contributed by atoms with E-state index in [2.05, 4.69) is 25.8 Å². The monoisotopic (exact) mass is 309 g/mol. The normalized spacial score (nSPS) is 11.6. The lowest BCUT2D eigenvalue weighted by Gasteiger charge is -2.33. The van der Waals surface area contributed by atoms with Gasteiger partial charge in [-0.3, -0.25) is 4.98 Å². The molecule has 0 fully saturated rings. The van der Waals surface area contributed by atoms with E-state index < -0.39 is 0 Å². The molecule has 0 saturated carbocycles. The fraction of sp³-hybridized carbons (Fsp3) is 0.353. The van der Waals surface area contributed by atoms with Crippen LogP contribution in [0.25, 0.3) is 11.3 Å². The molecule has 25 heavy (non-hydrogen) atoms. The average molecular weight is 308 g/mol. The van der Waals surface area contributed by atoms with Crippen molar-refractivity contribution in [3.05, 3.63) is 11.6 Å². The second-order valence-corrected chi connectivity index (χ2v) is 6.57. The van der Waals surface area contributed by atoms with Gasteiger partial charge in [-0.05, 0) is 35.0 Å². The average Bonchev–Trinajstić information content (AvgIpc) is 2.59. The van der Waals surface area contributed by atoms with E-state index in [0.29, 0.717) is 27.8 Å². The van der Waals surface area contributed by atoms with Crippen molar-refractivity contribution in [1.82, 2.24) is 4.98 Å². The van der Waals surface area contributed by atoms with Gasteiger partial charge in [0.2, 0.25) is 0 Å². The summed E-state index contributed by atoms with van der Waals surface area (Å²) in [5.41, 5.74) is 3.31. The van der Waals surface area contributed by atoms with Gasteiger partial charge in [0.15, 0.2) is 0 Å². The highest BCUT2D eigenvalue weighted by Gasteiger charge is 2.27. The number of hydrogen-bond acceptors (Lipinski definition) is 1. The van der Waals surface area contributed by atoms with Crippen LogP contribution in [0.3, 0.4) is 0 Å². The zero-order valence-corrected chi connectivity index (χ0v) is 15.0. The molecule has 0 aliphatic rings. The Kier molecular flexibility index (Phi) is 5.81. The van der Waals surface area contributed by atoms with Gasteiger partial charge < -0.3 is 0 Å². The van der Waals surface area contributed by atoms with Crippen molar-refractivity contribution in [2.45, 2.75) is 39.0 Å². The molecular formula is C17H14B7N. The van der Waals surface area contributed by atoms with Crippen molar-refractivity contribution in [1.29, 1.82) is 0 Å². The molecule has 0 atom stereocenters. The van der Waals surface area contributed by atoms with Crippen LogP contribution in [-0.4, -0.2) is 59.9 Å². The van der Waals surface area contributed by atoms with Crippen molar-refractivity contribution in [3.63, 3.8) is 0 Å². The first-order chi connectivity index (χ1) is 11.6. The fourth-order valence-corrected chi connectivity index (χ4v) is 3.03. The topological polar surface area (TPSA) is 12.9 Å². The van der Waals surface area contributed by atoms with Crippen LogP contribution in [0.4, 0.5) is 0 Å². The summed E-state index contributed by atoms with van der Waals surface area (Å²) in [7, 11) is 42.6.